The number of hydrazone groups is 1. The van der Waals surface area contributed by atoms with Crippen molar-refractivity contribution in [1.29, 1.82) is 0 Å². The van der Waals surface area contributed by atoms with E-state index in [2.05, 4.69) is 17.5 Å². The molecule has 4 heteroatoms. The molecule has 1 aromatic rings. The summed E-state index contributed by atoms with van der Waals surface area (Å²) in [7, 11) is 0. The van der Waals surface area contributed by atoms with Crippen LogP contribution in [0.2, 0.25) is 5.02 Å². The van der Waals surface area contributed by atoms with E-state index in [4.69, 9.17) is 11.6 Å². The molecule has 1 aliphatic carbocycles. The smallest absolute Gasteiger partial charge is 0.267 e. The predicted molar refractivity (Wildman–Crippen MR) is 74.0 cm³/mol. The van der Waals surface area contributed by atoms with Gasteiger partial charge in [0.15, 0.2) is 0 Å². The second-order valence-corrected chi connectivity index (χ2v) is 5.27. The minimum absolute atomic E-state index is 0.205. The maximum absolute atomic E-state index is 11.8. The molecule has 1 aliphatic rings. The van der Waals surface area contributed by atoms with Crippen LogP contribution in [0.15, 0.2) is 29.4 Å². The number of halogens is 1. The normalized spacial score (nSPS) is 21.9. The Kier molecular flexibility index (Phi) is 4.37. The molecular formula is C14H17ClN2O. The Balaban J connectivity index is 1.97. The lowest BCUT2D eigenvalue weighted by Crippen LogP contribution is -2.22. The molecule has 96 valence electrons. The minimum atomic E-state index is -0.205. The highest BCUT2D eigenvalue weighted by molar-refractivity contribution is 6.30. The number of carbonyl (C=O) groups is 1. The van der Waals surface area contributed by atoms with Crippen LogP contribution in [-0.2, 0) is 0 Å². The second-order valence-electron chi connectivity index (χ2n) is 4.83. The van der Waals surface area contributed by atoms with Crippen molar-refractivity contribution >= 4 is 23.2 Å². The highest BCUT2D eigenvalue weighted by Gasteiger charge is 2.14. The van der Waals surface area contributed by atoms with Gasteiger partial charge in [-0.3, -0.25) is 4.79 Å². The van der Waals surface area contributed by atoms with E-state index in [1.165, 1.54) is 6.42 Å². The Morgan fingerprint density at radius 3 is 3.06 bits per heavy atom. The molecule has 2 rings (SSSR count). The monoisotopic (exact) mass is 264 g/mol. The lowest BCUT2D eigenvalue weighted by atomic mass is 9.89. The molecule has 0 bridgehead atoms. The Morgan fingerprint density at radius 1 is 1.50 bits per heavy atom. The summed E-state index contributed by atoms with van der Waals surface area (Å²) >= 11 is 5.84. The zero-order chi connectivity index (χ0) is 13.0. The van der Waals surface area contributed by atoms with Gasteiger partial charge >= 0.3 is 0 Å². The maximum atomic E-state index is 11.8. The van der Waals surface area contributed by atoms with E-state index < -0.39 is 0 Å². The first-order chi connectivity index (χ1) is 8.65. The molecule has 0 heterocycles. The summed E-state index contributed by atoms with van der Waals surface area (Å²) in [5.74, 6) is 0.462. The summed E-state index contributed by atoms with van der Waals surface area (Å²) < 4.78 is 0. The van der Waals surface area contributed by atoms with Crippen LogP contribution in [0.4, 0.5) is 0 Å². The van der Waals surface area contributed by atoms with E-state index in [1.807, 2.05) is 0 Å². The second kappa shape index (κ2) is 6.01. The van der Waals surface area contributed by atoms with Crippen molar-refractivity contribution < 1.29 is 4.79 Å². The van der Waals surface area contributed by atoms with Gasteiger partial charge in [0.25, 0.3) is 5.91 Å². The molecule has 1 amide bonds. The number of nitrogens with one attached hydrogen (secondary N) is 1. The first-order valence-electron chi connectivity index (χ1n) is 6.26. The number of hydrogen-bond acceptors (Lipinski definition) is 2. The van der Waals surface area contributed by atoms with Gasteiger partial charge in [0.05, 0.1) is 0 Å². The Morgan fingerprint density at radius 2 is 2.33 bits per heavy atom. The maximum Gasteiger partial charge on any atom is 0.271 e. The van der Waals surface area contributed by atoms with Gasteiger partial charge in [-0.25, -0.2) is 5.43 Å². The minimum Gasteiger partial charge on any atom is -0.267 e. The quantitative estimate of drug-likeness (QED) is 0.814. The summed E-state index contributed by atoms with van der Waals surface area (Å²) in [6, 6.07) is 6.87. The summed E-state index contributed by atoms with van der Waals surface area (Å²) in [4.78, 5) is 11.8. The lowest BCUT2D eigenvalue weighted by Gasteiger charge is -2.18. The van der Waals surface area contributed by atoms with E-state index >= 15 is 0 Å². The van der Waals surface area contributed by atoms with Crippen LogP contribution < -0.4 is 5.43 Å². The molecular weight excluding hydrogens is 248 g/mol. The van der Waals surface area contributed by atoms with Crippen molar-refractivity contribution in [1.82, 2.24) is 5.43 Å². The molecule has 1 N–H and O–H groups in total. The average molecular weight is 265 g/mol. The molecule has 0 aliphatic heterocycles. The molecule has 0 aromatic heterocycles. The van der Waals surface area contributed by atoms with Gasteiger partial charge in [0, 0.05) is 16.3 Å². The van der Waals surface area contributed by atoms with Crippen LogP contribution in [0, 0.1) is 5.92 Å². The fourth-order valence-corrected chi connectivity index (χ4v) is 2.38. The van der Waals surface area contributed by atoms with E-state index in [9.17, 15) is 4.79 Å². The third kappa shape index (κ3) is 3.57. The molecule has 1 aromatic carbocycles. The van der Waals surface area contributed by atoms with Crippen molar-refractivity contribution in [3.05, 3.63) is 34.9 Å². The SMILES string of the molecule is CC1CCC/C(=N/NC(=O)c2cccc(Cl)c2)C1. The van der Waals surface area contributed by atoms with Gasteiger partial charge in [0.2, 0.25) is 0 Å². The molecule has 1 fully saturated rings. The van der Waals surface area contributed by atoms with E-state index in [-0.39, 0.29) is 5.91 Å². The van der Waals surface area contributed by atoms with Crippen molar-refractivity contribution in [3.63, 3.8) is 0 Å². The molecule has 18 heavy (non-hydrogen) atoms. The number of rotatable bonds is 2. The third-order valence-electron chi connectivity index (χ3n) is 3.15. The van der Waals surface area contributed by atoms with E-state index in [1.54, 1.807) is 24.3 Å². The van der Waals surface area contributed by atoms with Crippen molar-refractivity contribution in [2.24, 2.45) is 11.0 Å². The van der Waals surface area contributed by atoms with Gasteiger partial charge < -0.3 is 0 Å². The van der Waals surface area contributed by atoms with Crippen molar-refractivity contribution in [3.8, 4) is 0 Å². The molecule has 0 spiro atoms. The molecule has 1 unspecified atom stereocenters. The van der Waals surface area contributed by atoms with E-state index in [0.717, 1.165) is 25.0 Å². The standard InChI is InChI=1S/C14H17ClN2O/c1-10-4-2-7-13(8-10)16-17-14(18)11-5-3-6-12(15)9-11/h3,5-6,9-10H,2,4,7-8H2,1H3,(H,17,18)/b16-13-. The van der Waals surface area contributed by atoms with Crippen LogP contribution in [0.25, 0.3) is 0 Å². The Hall–Kier alpha value is -1.35. The predicted octanol–water partition coefficient (Wildman–Crippen LogP) is 3.64. The summed E-state index contributed by atoms with van der Waals surface area (Å²) in [5.41, 5.74) is 4.23. The molecule has 0 saturated heterocycles. The number of carbonyl (C=O) groups excluding carboxylic acids is 1. The average Bonchev–Trinajstić information content (AvgIpc) is 2.36. The van der Waals surface area contributed by atoms with Gasteiger partial charge in [-0.15, -0.1) is 0 Å². The van der Waals surface area contributed by atoms with Gasteiger partial charge in [-0.05, 0) is 49.8 Å². The topological polar surface area (TPSA) is 41.5 Å². The van der Waals surface area contributed by atoms with Crippen LogP contribution in [0.1, 0.15) is 43.0 Å². The summed E-state index contributed by atoms with van der Waals surface area (Å²) in [6.07, 6.45) is 4.38. The summed E-state index contributed by atoms with van der Waals surface area (Å²) in [6.45, 7) is 2.22. The highest BCUT2D eigenvalue weighted by atomic mass is 35.5. The first-order valence-corrected chi connectivity index (χ1v) is 6.64. The third-order valence-corrected chi connectivity index (χ3v) is 3.38. The zero-order valence-electron chi connectivity index (χ0n) is 10.4. The van der Waals surface area contributed by atoms with Crippen LogP contribution in [-0.4, -0.2) is 11.6 Å². The Labute approximate surface area is 112 Å². The van der Waals surface area contributed by atoms with Gasteiger partial charge in [-0.2, -0.15) is 5.10 Å². The Bertz CT molecular complexity index is 471. The number of hydrogen-bond donors (Lipinski definition) is 1. The fraction of sp³-hybridized carbons (Fsp3) is 0.429. The van der Waals surface area contributed by atoms with E-state index in [0.29, 0.717) is 16.5 Å². The number of benzene rings is 1. The van der Waals surface area contributed by atoms with Crippen LogP contribution >= 0.6 is 11.6 Å². The molecule has 1 saturated carbocycles. The molecule has 0 radical (unpaired) electrons. The fourth-order valence-electron chi connectivity index (χ4n) is 2.19. The van der Waals surface area contributed by atoms with Crippen molar-refractivity contribution in [2.45, 2.75) is 32.6 Å². The largest absolute Gasteiger partial charge is 0.271 e. The van der Waals surface area contributed by atoms with Crippen molar-refractivity contribution in [2.75, 3.05) is 0 Å². The summed E-state index contributed by atoms with van der Waals surface area (Å²) in [5, 5.41) is 4.77. The number of amides is 1. The zero-order valence-corrected chi connectivity index (χ0v) is 11.2. The van der Waals surface area contributed by atoms with Crippen LogP contribution in [0.3, 0.4) is 0 Å². The van der Waals surface area contributed by atoms with Gasteiger partial charge in [-0.1, -0.05) is 24.6 Å². The van der Waals surface area contributed by atoms with Crippen LogP contribution in [0.5, 0.6) is 0 Å². The molecule has 1 atom stereocenters. The first kappa shape index (κ1) is 13.1. The van der Waals surface area contributed by atoms with Gasteiger partial charge in [0.1, 0.15) is 0 Å². The molecule has 3 nitrogen and oxygen atoms in total. The highest BCUT2D eigenvalue weighted by Crippen LogP contribution is 2.21. The lowest BCUT2D eigenvalue weighted by molar-refractivity contribution is 0.0954. The number of nitrogens with zero attached hydrogens (tertiary/aromatic N) is 1.